The van der Waals surface area contributed by atoms with Gasteiger partial charge in [0.25, 0.3) is 0 Å². The van der Waals surface area contributed by atoms with Crippen molar-refractivity contribution < 1.29 is 4.74 Å². The molecule has 3 heteroatoms. The molecule has 0 saturated carbocycles. The number of nitriles is 1. The third-order valence-corrected chi connectivity index (χ3v) is 4.07. The molecule has 0 N–H and O–H groups in total. The van der Waals surface area contributed by atoms with Gasteiger partial charge in [0.15, 0.2) is 0 Å². The molecule has 0 radical (unpaired) electrons. The quantitative estimate of drug-likeness (QED) is 0.546. The van der Waals surface area contributed by atoms with E-state index in [0.29, 0.717) is 13.1 Å². The Labute approximate surface area is 155 Å². The molecule has 0 aliphatic rings. The predicted octanol–water partition coefficient (Wildman–Crippen LogP) is 5.31. The molecule has 3 aromatic carbocycles. The number of benzene rings is 3. The Hall–Kier alpha value is -3.09. The number of nitrogens with zero attached hydrogens (tertiary/aromatic N) is 2. The first-order valence-corrected chi connectivity index (χ1v) is 8.69. The maximum atomic E-state index is 9.18. The summed E-state index contributed by atoms with van der Waals surface area (Å²) in [6, 6.07) is 28.5. The van der Waals surface area contributed by atoms with Crippen molar-refractivity contribution in [2.24, 2.45) is 0 Å². The van der Waals surface area contributed by atoms with Crippen molar-refractivity contribution in [2.75, 3.05) is 6.54 Å². The van der Waals surface area contributed by atoms with Crippen LogP contribution in [0.5, 0.6) is 11.5 Å². The summed E-state index contributed by atoms with van der Waals surface area (Å²) in [5.74, 6) is 1.62. The molecule has 0 aliphatic carbocycles. The molecule has 0 atom stereocenters. The molecule has 0 aromatic heterocycles. The Morgan fingerprint density at radius 3 is 2.15 bits per heavy atom. The molecular formula is C23H22N2O. The van der Waals surface area contributed by atoms with Crippen molar-refractivity contribution in [1.82, 2.24) is 4.90 Å². The summed E-state index contributed by atoms with van der Waals surface area (Å²) in [5, 5.41) is 9.18. The average Bonchev–Trinajstić information content (AvgIpc) is 2.63. The van der Waals surface area contributed by atoms with Crippen molar-refractivity contribution >= 4 is 0 Å². The van der Waals surface area contributed by atoms with Crippen molar-refractivity contribution in [2.45, 2.75) is 20.0 Å². The second-order valence-electron chi connectivity index (χ2n) is 6.35. The van der Waals surface area contributed by atoms with Crippen molar-refractivity contribution in [3.05, 3.63) is 95.6 Å². The van der Waals surface area contributed by atoms with Gasteiger partial charge in [-0.3, -0.25) is 4.90 Å². The smallest absolute Gasteiger partial charge is 0.127 e. The summed E-state index contributed by atoms with van der Waals surface area (Å²) in [7, 11) is 0. The maximum Gasteiger partial charge on any atom is 0.127 e. The van der Waals surface area contributed by atoms with Crippen LogP contribution in [0.15, 0.2) is 78.9 Å². The lowest BCUT2D eigenvalue weighted by atomic mass is 10.1. The van der Waals surface area contributed by atoms with Crippen LogP contribution in [0.4, 0.5) is 0 Å². The minimum absolute atomic E-state index is 0.387. The first-order chi connectivity index (χ1) is 12.7. The highest BCUT2D eigenvalue weighted by Crippen LogP contribution is 2.22. The molecule has 0 spiro atoms. The van der Waals surface area contributed by atoms with Crippen LogP contribution in [0.1, 0.15) is 16.7 Å². The van der Waals surface area contributed by atoms with Crippen LogP contribution in [0.25, 0.3) is 0 Å². The molecule has 0 fully saturated rings. The van der Waals surface area contributed by atoms with Crippen LogP contribution in [0.2, 0.25) is 0 Å². The van der Waals surface area contributed by atoms with Crippen LogP contribution >= 0.6 is 0 Å². The molecule has 3 rings (SSSR count). The summed E-state index contributed by atoms with van der Waals surface area (Å²) in [6.45, 7) is 3.92. The van der Waals surface area contributed by atoms with Crippen LogP contribution in [-0.2, 0) is 13.1 Å². The van der Waals surface area contributed by atoms with Crippen LogP contribution in [0, 0.1) is 18.3 Å². The van der Waals surface area contributed by atoms with Gasteiger partial charge < -0.3 is 4.74 Å². The van der Waals surface area contributed by atoms with E-state index >= 15 is 0 Å². The number of hydrogen-bond donors (Lipinski definition) is 0. The van der Waals surface area contributed by atoms with Gasteiger partial charge in [0.1, 0.15) is 11.5 Å². The summed E-state index contributed by atoms with van der Waals surface area (Å²) < 4.78 is 5.91. The van der Waals surface area contributed by atoms with Gasteiger partial charge in [-0.2, -0.15) is 5.26 Å². The minimum atomic E-state index is 0.387. The molecule has 0 amide bonds. The summed E-state index contributed by atoms with van der Waals surface area (Å²) >= 11 is 0. The third kappa shape index (κ3) is 5.20. The second kappa shape index (κ2) is 8.84. The SMILES string of the molecule is Cc1cccc(CN(CC#N)Cc2cccc(Oc3ccccc3)c2)c1. The van der Waals surface area contributed by atoms with E-state index < -0.39 is 0 Å². The highest BCUT2D eigenvalue weighted by Gasteiger charge is 2.08. The molecule has 130 valence electrons. The van der Waals surface area contributed by atoms with Gasteiger partial charge in [0, 0.05) is 13.1 Å². The van der Waals surface area contributed by atoms with E-state index in [1.807, 2.05) is 48.5 Å². The number of para-hydroxylation sites is 1. The fourth-order valence-electron chi connectivity index (χ4n) is 2.93. The van der Waals surface area contributed by atoms with E-state index in [-0.39, 0.29) is 0 Å². The largest absolute Gasteiger partial charge is 0.457 e. The zero-order valence-electron chi connectivity index (χ0n) is 14.9. The summed E-state index contributed by atoms with van der Waals surface area (Å²) in [5.41, 5.74) is 3.58. The summed E-state index contributed by atoms with van der Waals surface area (Å²) in [6.07, 6.45) is 0. The fraction of sp³-hybridized carbons (Fsp3) is 0.174. The van der Waals surface area contributed by atoms with Crippen molar-refractivity contribution in [3.8, 4) is 17.6 Å². The molecule has 0 aliphatic heterocycles. The lowest BCUT2D eigenvalue weighted by molar-refractivity contribution is 0.289. The minimum Gasteiger partial charge on any atom is -0.457 e. The zero-order valence-corrected chi connectivity index (χ0v) is 14.9. The first kappa shape index (κ1) is 17.7. The molecule has 3 aromatic rings. The Kier molecular flexibility index (Phi) is 6.03. The van der Waals surface area contributed by atoms with Gasteiger partial charge in [-0.1, -0.05) is 60.2 Å². The first-order valence-electron chi connectivity index (χ1n) is 8.69. The lowest BCUT2D eigenvalue weighted by Gasteiger charge is -2.20. The highest BCUT2D eigenvalue weighted by atomic mass is 16.5. The maximum absolute atomic E-state index is 9.18. The second-order valence-corrected chi connectivity index (χ2v) is 6.35. The normalized spacial score (nSPS) is 10.5. The van der Waals surface area contributed by atoms with Crippen molar-refractivity contribution in [3.63, 3.8) is 0 Å². The van der Waals surface area contributed by atoms with E-state index in [1.54, 1.807) is 0 Å². The lowest BCUT2D eigenvalue weighted by Crippen LogP contribution is -2.23. The number of aryl methyl sites for hydroxylation is 1. The molecule has 3 nitrogen and oxygen atoms in total. The predicted molar refractivity (Wildman–Crippen MR) is 104 cm³/mol. The van der Waals surface area contributed by atoms with Crippen LogP contribution < -0.4 is 4.74 Å². The van der Waals surface area contributed by atoms with E-state index in [9.17, 15) is 5.26 Å². The van der Waals surface area contributed by atoms with Gasteiger partial charge >= 0.3 is 0 Å². The third-order valence-electron chi connectivity index (χ3n) is 4.07. The van der Waals surface area contributed by atoms with Crippen LogP contribution in [0.3, 0.4) is 0 Å². The topological polar surface area (TPSA) is 36.3 Å². The fourth-order valence-corrected chi connectivity index (χ4v) is 2.93. The molecule has 26 heavy (non-hydrogen) atoms. The van der Waals surface area contributed by atoms with E-state index in [2.05, 4.69) is 48.2 Å². The highest BCUT2D eigenvalue weighted by molar-refractivity contribution is 5.34. The van der Waals surface area contributed by atoms with Gasteiger partial charge in [0.05, 0.1) is 12.6 Å². The van der Waals surface area contributed by atoms with Crippen LogP contribution in [-0.4, -0.2) is 11.4 Å². The summed E-state index contributed by atoms with van der Waals surface area (Å²) in [4.78, 5) is 2.14. The van der Waals surface area contributed by atoms with E-state index in [1.165, 1.54) is 11.1 Å². The monoisotopic (exact) mass is 342 g/mol. The molecule has 0 heterocycles. The Bertz CT molecular complexity index is 884. The average molecular weight is 342 g/mol. The van der Waals surface area contributed by atoms with E-state index in [0.717, 1.165) is 23.6 Å². The molecule has 0 saturated heterocycles. The molecule has 0 unspecified atom stereocenters. The van der Waals surface area contributed by atoms with Gasteiger partial charge in [-0.15, -0.1) is 0 Å². The Morgan fingerprint density at radius 1 is 0.808 bits per heavy atom. The number of rotatable bonds is 7. The molecule has 0 bridgehead atoms. The zero-order chi connectivity index (χ0) is 18.2. The molecular weight excluding hydrogens is 320 g/mol. The number of hydrogen-bond acceptors (Lipinski definition) is 3. The van der Waals surface area contributed by atoms with Gasteiger partial charge in [-0.25, -0.2) is 0 Å². The Morgan fingerprint density at radius 2 is 1.46 bits per heavy atom. The van der Waals surface area contributed by atoms with Crippen molar-refractivity contribution in [1.29, 1.82) is 5.26 Å². The van der Waals surface area contributed by atoms with Gasteiger partial charge in [0.2, 0.25) is 0 Å². The van der Waals surface area contributed by atoms with E-state index in [4.69, 9.17) is 4.74 Å². The number of ether oxygens (including phenoxy) is 1. The van der Waals surface area contributed by atoms with Gasteiger partial charge in [-0.05, 0) is 42.3 Å². The Balaban J connectivity index is 1.70. The standard InChI is InChI=1S/C23H22N2O/c1-19-7-5-8-20(15-19)17-25(14-13-24)18-21-9-6-12-23(16-21)26-22-10-3-2-4-11-22/h2-12,15-16H,14,17-18H2,1H3.